The highest BCUT2D eigenvalue weighted by Crippen LogP contribution is 2.38. The second kappa shape index (κ2) is 9.21. The van der Waals surface area contributed by atoms with Crippen molar-refractivity contribution in [3.63, 3.8) is 0 Å². The minimum atomic E-state index is -0.401. The maximum atomic E-state index is 10.6. The normalized spacial score (nSPS) is 12.5. The maximum Gasteiger partial charge on any atom is 0.124 e. The summed E-state index contributed by atoms with van der Waals surface area (Å²) in [5, 5.41) is 14.5. The predicted molar refractivity (Wildman–Crippen MR) is 141 cm³/mol. The summed E-state index contributed by atoms with van der Waals surface area (Å²) in [7, 11) is 0. The van der Waals surface area contributed by atoms with E-state index in [9.17, 15) is 5.11 Å². The standard InChI is InChI=1S/C30H40N2O/c1-19(2)22-12-10-13-23(20(3)4)28(22)32-30(8,9)27-15-11-14-25(31-27)24-18-21(29(5,6)7)16-17-26(24)33/h10-20,32-33H,1-9H3. The molecule has 33 heavy (non-hydrogen) atoms. The monoisotopic (exact) mass is 444 g/mol. The van der Waals surface area contributed by atoms with Gasteiger partial charge < -0.3 is 10.4 Å². The quantitative estimate of drug-likeness (QED) is 0.401. The van der Waals surface area contributed by atoms with Crippen LogP contribution in [-0.2, 0) is 11.0 Å². The van der Waals surface area contributed by atoms with Gasteiger partial charge in [-0.25, -0.2) is 0 Å². The van der Waals surface area contributed by atoms with Gasteiger partial charge in [-0.05, 0) is 72.1 Å². The van der Waals surface area contributed by atoms with Crippen molar-refractivity contribution < 1.29 is 5.11 Å². The Bertz CT molecular complexity index is 1090. The smallest absolute Gasteiger partial charge is 0.124 e. The van der Waals surface area contributed by atoms with Gasteiger partial charge in [0.1, 0.15) is 5.75 Å². The summed E-state index contributed by atoms with van der Waals surface area (Å²) in [4.78, 5) is 5.02. The average Bonchev–Trinajstić information content (AvgIpc) is 2.73. The molecule has 0 saturated heterocycles. The van der Waals surface area contributed by atoms with E-state index in [0.29, 0.717) is 11.8 Å². The molecule has 2 aromatic carbocycles. The van der Waals surface area contributed by atoms with Gasteiger partial charge in [0.2, 0.25) is 0 Å². The van der Waals surface area contributed by atoms with Crippen LogP contribution in [-0.4, -0.2) is 10.1 Å². The van der Waals surface area contributed by atoms with Crippen molar-refractivity contribution in [1.29, 1.82) is 0 Å². The lowest BCUT2D eigenvalue weighted by Crippen LogP contribution is -2.30. The van der Waals surface area contributed by atoms with E-state index in [1.54, 1.807) is 6.07 Å². The first-order valence-corrected chi connectivity index (χ1v) is 12.0. The van der Waals surface area contributed by atoms with E-state index in [0.717, 1.165) is 17.0 Å². The molecule has 3 rings (SSSR count). The van der Waals surface area contributed by atoms with Crippen LogP contribution < -0.4 is 5.32 Å². The van der Waals surface area contributed by atoms with Crippen molar-refractivity contribution in [3.8, 4) is 17.0 Å². The zero-order chi connectivity index (χ0) is 24.6. The Morgan fingerprint density at radius 2 is 1.36 bits per heavy atom. The number of hydrogen-bond donors (Lipinski definition) is 2. The average molecular weight is 445 g/mol. The van der Waals surface area contributed by atoms with E-state index in [-0.39, 0.29) is 11.2 Å². The predicted octanol–water partition coefficient (Wildman–Crippen LogP) is 8.35. The van der Waals surface area contributed by atoms with Crippen LogP contribution in [0.15, 0.2) is 54.6 Å². The number of rotatable bonds is 6. The number of anilines is 1. The summed E-state index contributed by atoms with van der Waals surface area (Å²) < 4.78 is 0. The summed E-state index contributed by atoms with van der Waals surface area (Å²) in [6.45, 7) is 19.8. The first-order chi connectivity index (χ1) is 15.3. The third-order valence-electron chi connectivity index (χ3n) is 6.34. The van der Waals surface area contributed by atoms with Gasteiger partial charge in [0, 0.05) is 11.3 Å². The van der Waals surface area contributed by atoms with Gasteiger partial charge in [-0.3, -0.25) is 4.98 Å². The van der Waals surface area contributed by atoms with Crippen LogP contribution >= 0.6 is 0 Å². The fourth-order valence-corrected chi connectivity index (χ4v) is 4.21. The molecule has 176 valence electrons. The fourth-order valence-electron chi connectivity index (χ4n) is 4.21. The maximum absolute atomic E-state index is 10.6. The lowest BCUT2D eigenvalue weighted by molar-refractivity contribution is 0.475. The Hall–Kier alpha value is -2.81. The molecule has 3 aromatic rings. The molecule has 0 bridgehead atoms. The molecule has 1 aromatic heterocycles. The zero-order valence-electron chi connectivity index (χ0n) is 21.7. The van der Waals surface area contributed by atoms with Gasteiger partial charge in [0.05, 0.1) is 16.9 Å². The van der Waals surface area contributed by atoms with Crippen LogP contribution in [0.25, 0.3) is 11.3 Å². The number of para-hydroxylation sites is 1. The van der Waals surface area contributed by atoms with Crippen LogP contribution in [0, 0.1) is 0 Å². The first-order valence-electron chi connectivity index (χ1n) is 12.0. The van der Waals surface area contributed by atoms with Crippen molar-refractivity contribution in [2.45, 2.75) is 85.1 Å². The Kier molecular flexibility index (Phi) is 6.93. The largest absolute Gasteiger partial charge is 0.507 e. The Morgan fingerprint density at radius 3 is 1.91 bits per heavy atom. The van der Waals surface area contributed by atoms with Gasteiger partial charge in [-0.1, -0.05) is 78.8 Å². The van der Waals surface area contributed by atoms with Crippen molar-refractivity contribution in [2.24, 2.45) is 0 Å². The number of pyridine rings is 1. The number of phenols is 1. The topological polar surface area (TPSA) is 45.1 Å². The summed E-state index contributed by atoms with van der Waals surface area (Å²) in [6, 6.07) is 18.5. The molecule has 0 saturated carbocycles. The van der Waals surface area contributed by atoms with Crippen molar-refractivity contribution in [1.82, 2.24) is 4.98 Å². The van der Waals surface area contributed by atoms with Gasteiger partial charge in [-0.15, -0.1) is 0 Å². The van der Waals surface area contributed by atoms with Crippen LogP contribution in [0.3, 0.4) is 0 Å². The SMILES string of the molecule is CC(C)c1cccc(C(C)C)c1NC(C)(C)c1cccc(-c2cc(C(C)(C)C)ccc2O)n1. The molecule has 0 amide bonds. The number of aromatic nitrogens is 1. The van der Waals surface area contributed by atoms with Gasteiger partial charge in [0.15, 0.2) is 0 Å². The lowest BCUT2D eigenvalue weighted by Gasteiger charge is -2.32. The van der Waals surface area contributed by atoms with Crippen LogP contribution in [0.1, 0.15) is 96.5 Å². The lowest BCUT2D eigenvalue weighted by atomic mass is 9.85. The number of aromatic hydroxyl groups is 1. The summed E-state index contributed by atoms with van der Waals surface area (Å²) in [5.74, 6) is 1.09. The van der Waals surface area contributed by atoms with E-state index < -0.39 is 5.54 Å². The van der Waals surface area contributed by atoms with Crippen LogP contribution in [0.4, 0.5) is 5.69 Å². The molecular weight excluding hydrogens is 404 g/mol. The molecule has 0 atom stereocenters. The fraction of sp³-hybridized carbons (Fsp3) is 0.433. The van der Waals surface area contributed by atoms with E-state index in [1.807, 2.05) is 18.2 Å². The van der Waals surface area contributed by atoms with Crippen LogP contribution in [0.2, 0.25) is 0 Å². The molecule has 0 spiro atoms. The highest BCUT2D eigenvalue weighted by Gasteiger charge is 2.26. The highest BCUT2D eigenvalue weighted by atomic mass is 16.3. The molecule has 0 unspecified atom stereocenters. The molecular formula is C30H40N2O. The minimum absolute atomic E-state index is 0.00527. The van der Waals surface area contributed by atoms with Crippen molar-refractivity contribution in [2.75, 3.05) is 5.32 Å². The molecule has 0 aliphatic rings. The summed E-state index contributed by atoms with van der Waals surface area (Å²) in [6.07, 6.45) is 0. The number of hydrogen-bond acceptors (Lipinski definition) is 3. The molecule has 3 nitrogen and oxygen atoms in total. The second-order valence-electron chi connectivity index (χ2n) is 11.3. The van der Waals surface area contributed by atoms with Crippen molar-refractivity contribution in [3.05, 3.63) is 77.0 Å². The summed E-state index contributed by atoms with van der Waals surface area (Å²) >= 11 is 0. The molecule has 3 heteroatoms. The van der Waals surface area contributed by atoms with E-state index in [4.69, 9.17) is 4.98 Å². The number of nitrogens with zero attached hydrogens (tertiary/aromatic N) is 1. The van der Waals surface area contributed by atoms with Gasteiger partial charge in [-0.2, -0.15) is 0 Å². The molecule has 0 fully saturated rings. The molecule has 1 heterocycles. The van der Waals surface area contributed by atoms with E-state index >= 15 is 0 Å². The van der Waals surface area contributed by atoms with Gasteiger partial charge in [0.25, 0.3) is 0 Å². The third-order valence-corrected chi connectivity index (χ3v) is 6.34. The third kappa shape index (κ3) is 5.40. The Balaban J connectivity index is 2.06. The van der Waals surface area contributed by atoms with E-state index in [2.05, 4.69) is 98.0 Å². The molecule has 0 aliphatic carbocycles. The first kappa shape index (κ1) is 24.8. The number of benzene rings is 2. The Labute approximate surface area is 200 Å². The van der Waals surface area contributed by atoms with Crippen LogP contribution in [0.5, 0.6) is 5.75 Å². The molecule has 0 radical (unpaired) electrons. The van der Waals surface area contributed by atoms with E-state index in [1.165, 1.54) is 22.4 Å². The number of nitrogens with one attached hydrogen (secondary N) is 1. The molecule has 0 aliphatic heterocycles. The molecule has 2 N–H and O–H groups in total. The highest BCUT2D eigenvalue weighted by molar-refractivity contribution is 5.68. The summed E-state index contributed by atoms with van der Waals surface area (Å²) in [5.41, 5.74) is 7.11. The minimum Gasteiger partial charge on any atom is -0.507 e. The number of phenolic OH excluding ortho intramolecular Hbond substituents is 1. The second-order valence-corrected chi connectivity index (χ2v) is 11.3. The van der Waals surface area contributed by atoms with Crippen molar-refractivity contribution >= 4 is 5.69 Å². The van der Waals surface area contributed by atoms with Gasteiger partial charge >= 0.3 is 0 Å². The Morgan fingerprint density at radius 1 is 0.788 bits per heavy atom. The zero-order valence-corrected chi connectivity index (χ0v) is 21.7.